The van der Waals surface area contributed by atoms with Gasteiger partial charge in [0.25, 0.3) is 0 Å². The molecule has 0 aliphatic carbocycles. The first kappa shape index (κ1) is 20.5. The van der Waals surface area contributed by atoms with Gasteiger partial charge in [-0.2, -0.15) is 0 Å². The standard InChI is InChI=1S/C14H17N9O4S2/c15-13(22-23-17)10-6(7-2-1-3-8-11(7)21-14(16)20-8)4-5-9(28(18,24)25)12(10)29(19,26)27/h1-5,23H,17H2,(H2,15,22)(H3,16,20,21)(H2,18,24,25)(H2,19,26,27). The van der Waals surface area contributed by atoms with Gasteiger partial charge < -0.3 is 16.5 Å². The van der Waals surface area contributed by atoms with Crippen LogP contribution in [-0.4, -0.2) is 32.6 Å². The number of rotatable bonds is 5. The molecule has 12 N–H and O–H groups in total. The van der Waals surface area contributed by atoms with Gasteiger partial charge in [0.2, 0.25) is 20.0 Å². The van der Waals surface area contributed by atoms with Crippen molar-refractivity contribution in [3.05, 3.63) is 35.9 Å². The molecule has 2 aromatic carbocycles. The second kappa shape index (κ2) is 6.98. The summed E-state index contributed by atoms with van der Waals surface area (Å²) in [5.41, 5.74) is 14.7. The van der Waals surface area contributed by atoms with Crippen LogP contribution in [0.3, 0.4) is 0 Å². The van der Waals surface area contributed by atoms with Gasteiger partial charge in [-0.1, -0.05) is 18.2 Å². The van der Waals surface area contributed by atoms with Crippen LogP contribution >= 0.6 is 0 Å². The van der Waals surface area contributed by atoms with Crippen molar-refractivity contribution in [3.8, 4) is 11.1 Å². The van der Waals surface area contributed by atoms with Crippen LogP contribution in [0.1, 0.15) is 5.56 Å². The predicted molar refractivity (Wildman–Crippen MR) is 107 cm³/mol. The number of nitrogens with one attached hydrogen (secondary N) is 2. The van der Waals surface area contributed by atoms with Crippen molar-refractivity contribution in [1.29, 1.82) is 0 Å². The van der Waals surface area contributed by atoms with Crippen molar-refractivity contribution in [2.45, 2.75) is 9.79 Å². The number of aromatic nitrogens is 2. The Morgan fingerprint density at radius 3 is 2.31 bits per heavy atom. The number of imidazole rings is 1. The van der Waals surface area contributed by atoms with E-state index in [0.717, 1.165) is 6.07 Å². The lowest BCUT2D eigenvalue weighted by Crippen LogP contribution is -2.29. The van der Waals surface area contributed by atoms with Gasteiger partial charge in [-0.3, -0.25) is 0 Å². The number of hydrogen-bond donors (Lipinski definition) is 7. The van der Waals surface area contributed by atoms with Crippen molar-refractivity contribution >= 4 is 42.9 Å². The lowest BCUT2D eigenvalue weighted by atomic mass is 9.97. The zero-order chi connectivity index (χ0) is 21.6. The topological polar surface area (TPSA) is 251 Å². The number of hydrazone groups is 1. The van der Waals surface area contributed by atoms with Crippen molar-refractivity contribution in [2.24, 2.45) is 27.0 Å². The van der Waals surface area contributed by atoms with Gasteiger partial charge in [0.15, 0.2) is 11.8 Å². The molecule has 0 radical (unpaired) electrons. The Bertz CT molecular complexity index is 1360. The molecule has 15 heteroatoms. The first-order valence-electron chi connectivity index (χ1n) is 7.71. The Kier molecular flexibility index (Phi) is 4.93. The molecular formula is C14H17N9O4S2. The number of amidine groups is 1. The number of nitrogen functional groups attached to an aromatic ring is 1. The average molecular weight is 439 g/mol. The molecule has 3 aromatic rings. The fraction of sp³-hybridized carbons (Fsp3) is 0. The Morgan fingerprint density at radius 2 is 1.72 bits per heavy atom. The molecular weight excluding hydrogens is 422 g/mol. The Labute approximate surface area is 165 Å². The Balaban J connectivity index is 2.56. The number of H-pyrrole nitrogens is 1. The number of hydrazine groups is 1. The van der Waals surface area contributed by atoms with Crippen LogP contribution in [0.25, 0.3) is 22.2 Å². The summed E-state index contributed by atoms with van der Waals surface area (Å²) in [5.74, 6) is 4.83. The molecule has 0 bridgehead atoms. The zero-order valence-corrected chi connectivity index (χ0v) is 16.3. The summed E-state index contributed by atoms with van der Waals surface area (Å²) in [6, 6.07) is 7.26. The summed E-state index contributed by atoms with van der Waals surface area (Å²) in [5, 5.41) is 14.1. The van der Waals surface area contributed by atoms with E-state index in [4.69, 9.17) is 27.6 Å². The highest BCUT2D eigenvalue weighted by atomic mass is 32.2. The third-order valence-corrected chi connectivity index (χ3v) is 6.05. The van der Waals surface area contributed by atoms with E-state index in [-0.39, 0.29) is 17.1 Å². The maximum absolute atomic E-state index is 12.3. The molecule has 0 saturated heterocycles. The summed E-state index contributed by atoms with van der Waals surface area (Å²) in [7, 11) is -9.12. The van der Waals surface area contributed by atoms with E-state index in [2.05, 4.69) is 15.1 Å². The summed E-state index contributed by atoms with van der Waals surface area (Å²) >= 11 is 0. The number of para-hydroxylation sites is 1. The van der Waals surface area contributed by atoms with Crippen molar-refractivity contribution in [3.63, 3.8) is 0 Å². The molecule has 154 valence electrons. The summed E-state index contributed by atoms with van der Waals surface area (Å²) in [4.78, 5) is 5.44. The quantitative estimate of drug-likeness (QED) is 0.102. The van der Waals surface area contributed by atoms with E-state index in [0.29, 0.717) is 16.6 Å². The number of fused-ring (bicyclic) bond motifs is 1. The Hall–Kier alpha value is -3.24. The molecule has 3 rings (SSSR count). The van der Waals surface area contributed by atoms with Crippen LogP contribution in [0.2, 0.25) is 0 Å². The van der Waals surface area contributed by atoms with E-state index in [1.807, 2.05) is 5.53 Å². The van der Waals surface area contributed by atoms with Gasteiger partial charge in [0.1, 0.15) is 9.79 Å². The molecule has 1 heterocycles. The zero-order valence-electron chi connectivity index (χ0n) is 14.6. The highest BCUT2D eigenvalue weighted by Crippen LogP contribution is 2.35. The van der Waals surface area contributed by atoms with Crippen LogP contribution < -0.4 is 33.1 Å². The van der Waals surface area contributed by atoms with Crippen LogP contribution in [0.5, 0.6) is 0 Å². The molecule has 0 saturated carbocycles. The molecule has 0 aliphatic heterocycles. The Morgan fingerprint density at radius 1 is 1.03 bits per heavy atom. The SMILES string of the molecule is NN/N=C(\N)c1c(-c2cccc3[nH]c(N)nc23)ccc(S(N)(=O)=O)c1S(N)(=O)=O. The van der Waals surface area contributed by atoms with Gasteiger partial charge in [0.05, 0.1) is 11.0 Å². The van der Waals surface area contributed by atoms with Crippen molar-refractivity contribution < 1.29 is 16.8 Å². The summed E-state index contributed by atoms with van der Waals surface area (Å²) < 4.78 is 48.7. The van der Waals surface area contributed by atoms with Crippen molar-refractivity contribution in [1.82, 2.24) is 15.5 Å². The molecule has 13 nitrogen and oxygen atoms in total. The number of nitrogens with two attached hydrogens (primary N) is 5. The third-order valence-electron chi connectivity index (χ3n) is 3.97. The number of nitrogens with zero attached hydrogens (tertiary/aromatic N) is 2. The fourth-order valence-corrected chi connectivity index (χ4v) is 5.11. The molecule has 0 fully saturated rings. The van der Waals surface area contributed by atoms with Gasteiger partial charge in [-0.15, -0.1) is 5.10 Å². The second-order valence-corrected chi connectivity index (χ2v) is 8.88. The highest BCUT2D eigenvalue weighted by molar-refractivity contribution is 7.92. The number of aromatic amines is 1. The van der Waals surface area contributed by atoms with Gasteiger partial charge in [-0.05, 0) is 17.7 Å². The molecule has 0 spiro atoms. The number of benzene rings is 2. The summed E-state index contributed by atoms with van der Waals surface area (Å²) in [6.45, 7) is 0. The minimum atomic E-state index is -4.63. The monoisotopic (exact) mass is 439 g/mol. The van der Waals surface area contributed by atoms with E-state index < -0.39 is 35.7 Å². The average Bonchev–Trinajstić information content (AvgIpc) is 2.99. The van der Waals surface area contributed by atoms with Crippen LogP contribution in [0, 0.1) is 0 Å². The first-order chi connectivity index (χ1) is 13.4. The molecule has 0 amide bonds. The minimum absolute atomic E-state index is 0.118. The third kappa shape index (κ3) is 3.71. The minimum Gasteiger partial charge on any atom is -0.382 e. The first-order valence-corrected chi connectivity index (χ1v) is 10.8. The van der Waals surface area contributed by atoms with E-state index >= 15 is 0 Å². The largest absolute Gasteiger partial charge is 0.382 e. The summed E-state index contributed by atoms with van der Waals surface area (Å²) in [6.07, 6.45) is 0. The maximum atomic E-state index is 12.3. The fourth-order valence-electron chi connectivity index (χ4n) is 2.94. The van der Waals surface area contributed by atoms with E-state index in [1.54, 1.807) is 18.2 Å². The molecule has 1 aromatic heterocycles. The van der Waals surface area contributed by atoms with Gasteiger partial charge >= 0.3 is 0 Å². The maximum Gasteiger partial charge on any atom is 0.240 e. The number of primary sulfonamides is 2. The lowest BCUT2D eigenvalue weighted by Gasteiger charge is -2.16. The van der Waals surface area contributed by atoms with Crippen LogP contribution in [-0.2, 0) is 20.0 Å². The predicted octanol–water partition coefficient (Wildman–Crippen LogP) is -1.81. The lowest BCUT2D eigenvalue weighted by molar-refractivity contribution is 0.584. The van der Waals surface area contributed by atoms with Gasteiger partial charge in [0, 0.05) is 11.1 Å². The highest BCUT2D eigenvalue weighted by Gasteiger charge is 2.30. The van der Waals surface area contributed by atoms with Crippen LogP contribution in [0.15, 0.2) is 45.2 Å². The molecule has 0 atom stereocenters. The molecule has 0 aliphatic rings. The second-order valence-electron chi connectivity index (χ2n) is 5.86. The number of hydrogen-bond acceptors (Lipinski definition) is 9. The van der Waals surface area contributed by atoms with Crippen LogP contribution in [0.4, 0.5) is 5.95 Å². The molecule has 0 unspecified atom stereocenters. The van der Waals surface area contributed by atoms with E-state index in [1.165, 1.54) is 6.07 Å². The van der Waals surface area contributed by atoms with Gasteiger partial charge in [-0.25, -0.2) is 43.5 Å². The van der Waals surface area contributed by atoms with E-state index in [9.17, 15) is 16.8 Å². The smallest absolute Gasteiger partial charge is 0.240 e. The number of anilines is 1. The normalized spacial score (nSPS) is 13.0. The van der Waals surface area contributed by atoms with Crippen molar-refractivity contribution in [2.75, 3.05) is 5.73 Å². The number of sulfonamides is 2. The molecule has 29 heavy (non-hydrogen) atoms.